The van der Waals surface area contributed by atoms with E-state index in [0.29, 0.717) is 0 Å². The lowest BCUT2D eigenvalue weighted by Crippen LogP contribution is -2.46. The van der Waals surface area contributed by atoms with Crippen LogP contribution in [-0.2, 0) is 11.8 Å². The molecule has 1 fully saturated rings. The van der Waals surface area contributed by atoms with Gasteiger partial charge in [-0.05, 0) is 40.8 Å². The molecule has 0 aliphatic heterocycles. The summed E-state index contributed by atoms with van der Waals surface area (Å²) in [4.78, 5) is 0. The average Bonchev–Trinajstić information content (AvgIpc) is 2.82. The highest BCUT2D eigenvalue weighted by atomic mass is 32.1. The first kappa shape index (κ1) is 11.9. The number of hydrogen-bond acceptors (Lipinski definition) is 2. The van der Waals surface area contributed by atoms with Gasteiger partial charge in [0.25, 0.3) is 0 Å². The van der Waals surface area contributed by atoms with Gasteiger partial charge in [-0.3, -0.25) is 0 Å². The predicted molar refractivity (Wildman–Crippen MR) is 76.0 cm³/mol. The molecule has 1 aromatic carbocycles. The Morgan fingerprint density at radius 2 is 1.94 bits per heavy atom. The summed E-state index contributed by atoms with van der Waals surface area (Å²) in [6.07, 6.45) is 3.97. The molecule has 2 aromatic rings. The van der Waals surface area contributed by atoms with Crippen molar-refractivity contribution in [2.75, 3.05) is 0 Å². The van der Waals surface area contributed by atoms with Crippen molar-refractivity contribution < 1.29 is 5.11 Å². The molecule has 0 radical (unpaired) electrons. The van der Waals surface area contributed by atoms with Crippen LogP contribution < -0.4 is 0 Å². The molecule has 94 valence electrons. The van der Waals surface area contributed by atoms with Gasteiger partial charge in [0.2, 0.25) is 0 Å². The van der Waals surface area contributed by atoms with Crippen molar-refractivity contribution in [1.29, 1.82) is 0 Å². The molecule has 0 amide bonds. The van der Waals surface area contributed by atoms with Crippen LogP contribution in [0.4, 0.5) is 0 Å². The van der Waals surface area contributed by atoms with E-state index in [1.54, 1.807) is 11.3 Å². The van der Waals surface area contributed by atoms with Crippen molar-refractivity contribution in [3.05, 3.63) is 58.3 Å². The Balaban J connectivity index is 1.83. The van der Waals surface area contributed by atoms with Gasteiger partial charge < -0.3 is 5.11 Å². The van der Waals surface area contributed by atoms with Crippen molar-refractivity contribution >= 4 is 11.3 Å². The molecule has 2 heteroatoms. The molecule has 1 unspecified atom stereocenters. The minimum Gasteiger partial charge on any atom is -0.392 e. The van der Waals surface area contributed by atoms with Crippen LogP contribution in [0.1, 0.15) is 30.4 Å². The molecule has 18 heavy (non-hydrogen) atoms. The fourth-order valence-corrected chi connectivity index (χ4v) is 3.65. The Bertz CT molecular complexity index is 485. The van der Waals surface area contributed by atoms with Crippen molar-refractivity contribution in [3.8, 4) is 0 Å². The molecule has 3 rings (SSSR count). The third-order valence-corrected chi connectivity index (χ3v) is 4.97. The number of benzene rings is 1. The zero-order chi connectivity index (χ0) is 12.4. The van der Waals surface area contributed by atoms with Gasteiger partial charge in [0, 0.05) is 11.8 Å². The van der Waals surface area contributed by atoms with E-state index in [2.05, 4.69) is 41.1 Å². The largest absolute Gasteiger partial charge is 0.392 e. The minimum atomic E-state index is -0.261. The zero-order valence-corrected chi connectivity index (χ0v) is 11.2. The van der Waals surface area contributed by atoms with E-state index in [4.69, 9.17) is 0 Å². The Morgan fingerprint density at radius 3 is 2.50 bits per heavy atom. The lowest BCUT2D eigenvalue weighted by Gasteiger charge is -2.46. The van der Waals surface area contributed by atoms with Crippen molar-refractivity contribution in [2.24, 2.45) is 0 Å². The second-order valence-corrected chi connectivity index (χ2v) is 6.01. The van der Waals surface area contributed by atoms with Crippen molar-refractivity contribution in [1.82, 2.24) is 0 Å². The predicted octanol–water partition coefficient (Wildman–Crippen LogP) is 3.77. The molecular formula is C16H18OS. The Kier molecular flexibility index (Phi) is 3.23. The molecular weight excluding hydrogens is 240 g/mol. The van der Waals surface area contributed by atoms with E-state index in [0.717, 1.165) is 19.3 Å². The maximum absolute atomic E-state index is 10.6. The summed E-state index contributed by atoms with van der Waals surface area (Å²) in [7, 11) is 0. The minimum absolute atomic E-state index is 0.00317. The third-order valence-electron chi connectivity index (χ3n) is 4.24. The fraction of sp³-hybridized carbons (Fsp3) is 0.375. The van der Waals surface area contributed by atoms with Gasteiger partial charge in [-0.1, -0.05) is 36.8 Å². The van der Waals surface area contributed by atoms with Crippen molar-refractivity contribution in [3.63, 3.8) is 0 Å². The van der Waals surface area contributed by atoms with Gasteiger partial charge >= 0.3 is 0 Å². The highest BCUT2D eigenvalue weighted by molar-refractivity contribution is 7.07. The molecule has 1 nitrogen and oxygen atoms in total. The Hall–Kier alpha value is -1.12. The first-order valence-electron chi connectivity index (χ1n) is 6.56. The van der Waals surface area contributed by atoms with E-state index >= 15 is 0 Å². The van der Waals surface area contributed by atoms with Crippen molar-refractivity contribution in [2.45, 2.75) is 37.2 Å². The quantitative estimate of drug-likeness (QED) is 0.885. The van der Waals surface area contributed by atoms with Crippen LogP contribution in [0.15, 0.2) is 47.2 Å². The zero-order valence-electron chi connectivity index (χ0n) is 10.4. The first-order valence-corrected chi connectivity index (χ1v) is 7.50. The second-order valence-electron chi connectivity index (χ2n) is 5.23. The first-order chi connectivity index (χ1) is 8.81. The van der Waals surface area contributed by atoms with E-state index in [-0.39, 0.29) is 11.5 Å². The smallest absolute Gasteiger partial charge is 0.0677 e. The van der Waals surface area contributed by atoms with Crippen LogP contribution in [-0.4, -0.2) is 11.2 Å². The summed E-state index contributed by atoms with van der Waals surface area (Å²) in [6.45, 7) is 0. The standard InChI is InChI=1S/C16H18OS/c17-15(11-13-7-10-18-12-13)16(8-4-9-16)14-5-2-1-3-6-14/h1-3,5-7,10,12,15,17H,4,8-9,11H2. The third kappa shape index (κ3) is 2.00. The van der Waals surface area contributed by atoms with Gasteiger partial charge in [0.1, 0.15) is 0 Å². The van der Waals surface area contributed by atoms with Crippen LogP contribution in [0.5, 0.6) is 0 Å². The number of aliphatic hydroxyl groups is 1. The van der Waals surface area contributed by atoms with E-state index < -0.39 is 0 Å². The average molecular weight is 258 g/mol. The van der Waals surface area contributed by atoms with Gasteiger partial charge in [-0.15, -0.1) is 0 Å². The lowest BCUT2D eigenvalue weighted by molar-refractivity contribution is 0.0286. The highest BCUT2D eigenvalue weighted by Gasteiger charge is 2.44. The molecule has 1 aliphatic carbocycles. The summed E-state index contributed by atoms with van der Waals surface area (Å²) >= 11 is 1.70. The van der Waals surface area contributed by atoms with E-state index in [1.807, 2.05) is 6.07 Å². The lowest BCUT2D eigenvalue weighted by atomic mass is 9.60. The molecule has 1 saturated carbocycles. The highest BCUT2D eigenvalue weighted by Crippen LogP contribution is 2.47. The molecule has 1 aromatic heterocycles. The topological polar surface area (TPSA) is 20.2 Å². The molecule has 1 aliphatic rings. The Morgan fingerprint density at radius 1 is 1.17 bits per heavy atom. The molecule has 0 saturated heterocycles. The number of hydrogen-bond donors (Lipinski definition) is 1. The van der Waals surface area contributed by atoms with Crippen LogP contribution in [0.25, 0.3) is 0 Å². The summed E-state index contributed by atoms with van der Waals surface area (Å²) < 4.78 is 0. The molecule has 0 spiro atoms. The molecule has 1 heterocycles. The molecule has 1 N–H and O–H groups in total. The number of thiophene rings is 1. The molecule has 1 atom stereocenters. The number of rotatable bonds is 4. The maximum atomic E-state index is 10.6. The van der Waals surface area contributed by atoms with Gasteiger partial charge in [0.05, 0.1) is 6.10 Å². The summed E-state index contributed by atoms with van der Waals surface area (Å²) in [5, 5.41) is 14.9. The SMILES string of the molecule is OC(Cc1ccsc1)C1(c2ccccc2)CCC1. The maximum Gasteiger partial charge on any atom is 0.0677 e. The van der Waals surface area contributed by atoms with Gasteiger partial charge in [0.15, 0.2) is 0 Å². The van der Waals surface area contributed by atoms with Crippen LogP contribution in [0.3, 0.4) is 0 Å². The number of aliphatic hydroxyl groups excluding tert-OH is 1. The normalized spacial score (nSPS) is 19.2. The van der Waals surface area contributed by atoms with Gasteiger partial charge in [-0.25, -0.2) is 0 Å². The Labute approximate surface area is 112 Å². The van der Waals surface area contributed by atoms with Gasteiger partial charge in [-0.2, -0.15) is 11.3 Å². The summed E-state index contributed by atoms with van der Waals surface area (Å²) in [5.41, 5.74) is 2.57. The van der Waals surface area contributed by atoms with Crippen LogP contribution in [0.2, 0.25) is 0 Å². The monoisotopic (exact) mass is 258 g/mol. The summed E-state index contributed by atoms with van der Waals surface area (Å²) in [5.74, 6) is 0. The molecule has 0 bridgehead atoms. The summed E-state index contributed by atoms with van der Waals surface area (Å²) in [6, 6.07) is 12.6. The second kappa shape index (κ2) is 4.87. The van der Waals surface area contributed by atoms with Crippen LogP contribution in [0, 0.1) is 0 Å². The van der Waals surface area contributed by atoms with E-state index in [1.165, 1.54) is 17.5 Å². The fourth-order valence-electron chi connectivity index (χ4n) is 2.97. The van der Waals surface area contributed by atoms with E-state index in [9.17, 15) is 5.11 Å². The van der Waals surface area contributed by atoms with Crippen LogP contribution >= 0.6 is 11.3 Å².